The smallest absolute Gasteiger partial charge is 0.323 e. The van der Waals surface area contributed by atoms with Gasteiger partial charge in [-0.2, -0.15) is 0 Å². The van der Waals surface area contributed by atoms with Crippen LogP contribution in [0.4, 0.5) is 4.79 Å². The van der Waals surface area contributed by atoms with Gasteiger partial charge in [0, 0.05) is 17.6 Å². The van der Waals surface area contributed by atoms with Gasteiger partial charge in [-0.05, 0) is 12.8 Å². The summed E-state index contributed by atoms with van der Waals surface area (Å²) in [5, 5.41) is 12.3. The summed E-state index contributed by atoms with van der Waals surface area (Å²) in [7, 11) is 0. The van der Waals surface area contributed by atoms with Crippen LogP contribution in [0.5, 0.6) is 0 Å². The first kappa shape index (κ1) is 15.4. The summed E-state index contributed by atoms with van der Waals surface area (Å²) in [4.78, 5) is 29.2. The number of thiazole rings is 1. The monoisotopic (exact) mass is 285 g/mol. The molecule has 0 aliphatic heterocycles. The fraction of sp³-hybridized carbons (Fsp3) is 0.583. The van der Waals surface area contributed by atoms with Crippen molar-refractivity contribution in [2.24, 2.45) is 0 Å². The maximum absolute atomic E-state index is 11.8. The normalized spacial score (nSPS) is 10.2. The van der Waals surface area contributed by atoms with Gasteiger partial charge in [0.05, 0.1) is 6.54 Å². The van der Waals surface area contributed by atoms with Gasteiger partial charge in [0.1, 0.15) is 11.6 Å². The van der Waals surface area contributed by atoms with E-state index in [1.54, 1.807) is 17.5 Å². The number of nitrogens with one attached hydrogen (secondary N) is 1. The number of rotatable bonds is 7. The van der Waals surface area contributed by atoms with Crippen LogP contribution in [0.25, 0.3) is 0 Å². The van der Waals surface area contributed by atoms with Gasteiger partial charge in [-0.1, -0.05) is 13.8 Å². The fourth-order valence-corrected chi connectivity index (χ4v) is 2.34. The van der Waals surface area contributed by atoms with E-state index in [2.05, 4.69) is 10.3 Å². The molecule has 1 aromatic heterocycles. The Labute approximate surface area is 116 Å². The van der Waals surface area contributed by atoms with E-state index in [4.69, 9.17) is 5.11 Å². The Hall–Kier alpha value is -1.63. The van der Waals surface area contributed by atoms with Crippen LogP contribution in [-0.4, -0.2) is 40.1 Å². The molecule has 0 aliphatic rings. The Morgan fingerprint density at radius 2 is 2.21 bits per heavy atom. The van der Waals surface area contributed by atoms with E-state index in [1.165, 1.54) is 9.78 Å². The Bertz CT molecular complexity index is 434. The number of hydrogen-bond acceptors (Lipinski definition) is 4. The molecule has 0 fully saturated rings. The molecule has 0 unspecified atom stereocenters. The van der Waals surface area contributed by atoms with Crippen molar-refractivity contribution in [3.8, 4) is 0 Å². The Kier molecular flexibility index (Phi) is 6.27. The third-order valence-electron chi connectivity index (χ3n) is 2.45. The third-order valence-corrected chi connectivity index (χ3v) is 3.59. The number of urea groups is 1. The highest BCUT2D eigenvalue weighted by molar-refractivity contribution is 7.11. The average Bonchev–Trinajstić information content (AvgIpc) is 2.83. The van der Waals surface area contributed by atoms with Gasteiger partial charge in [-0.15, -0.1) is 11.3 Å². The van der Waals surface area contributed by atoms with Crippen molar-refractivity contribution in [3.05, 3.63) is 16.1 Å². The molecule has 7 heteroatoms. The number of aliphatic carboxylic acids is 1. The number of carboxylic acid groups (broad SMARTS) is 1. The highest BCUT2D eigenvalue weighted by atomic mass is 32.1. The van der Waals surface area contributed by atoms with Gasteiger partial charge in [-0.25, -0.2) is 9.78 Å². The zero-order valence-electron chi connectivity index (χ0n) is 11.2. The summed E-state index contributed by atoms with van der Waals surface area (Å²) in [6.07, 6.45) is 3.44. The molecule has 1 rings (SSSR count). The Balaban J connectivity index is 2.49. The predicted octanol–water partition coefficient (Wildman–Crippen LogP) is 1.71. The number of aryl methyl sites for hydroxylation is 1. The van der Waals surface area contributed by atoms with Gasteiger partial charge in [0.25, 0.3) is 0 Å². The fourth-order valence-electron chi connectivity index (χ4n) is 1.54. The summed E-state index contributed by atoms with van der Waals surface area (Å²) < 4.78 is 0. The van der Waals surface area contributed by atoms with Crippen molar-refractivity contribution in [3.63, 3.8) is 0 Å². The van der Waals surface area contributed by atoms with Crippen LogP contribution in [0, 0.1) is 0 Å². The van der Waals surface area contributed by atoms with Gasteiger partial charge >= 0.3 is 12.0 Å². The summed E-state index contributed by atoms with van der Waals surface area (Å²) in [6, 6.07) is -0.363. The van der Waals surface area contributed by atoms with Crippen molar-refractivity contribution in [2.75, 3.05) is 13.1 Å². The van der Waals surface area contributed by atoms with Crippen molar-refractivity contribution in [1.29, 1.82) is 0 Å². The molecule has 0 saturated heterocycles. The number of hydrogen-bond donors (Lipinski definition) is 2. The molecule has 1 heterocycles. The minimum absolute atomic E-state index is 0.280. The lowest BCUT2D eigenvalue weighted by Crippen LogP contribution is -2.42. The maximum Gasteiger partial charge on any atom is 0.323 e. The van der Waals surface area contributed by atoms with Crippen molar-refractivity contribution in [2.45, 2.75) is 33.2 Å². The average molecular weight is 285 g/mol. The molecule has 2 amide bonds. The van der Waals surface area contributed by atoms with E-state index in [-0.39, 0.29) is 12.6 Å². The zero-order chi connectivity index (χ0) is 14.3. The summed E-state index contributed by atoms with van der Waals surface area (Å²) in [6.45, 7) is 4.43. The first-order valence-electron chi connectivity index (χ1n) is 6.25. The van der Waals surface area contributed by atoms with E-state index in [1.807, 2.05) is 13.8 Å². The molecule has 0 bridgehead atoms. The number of amides is 2. The van der Waals surface area contributed by atoms with E-state index < -0.39 is 5.97 Å². The lowest BCUT2D eigenvalue weighted by molar-refractivity contribution is -0.137. The Morgan fingerprint density at radius 3 is 2.74 bits per heavy atom. The minimum atomic E-state index is -1.01. The molecule has 2 N–H and O–H groups in total. The van der Waals surface area contributed by atoms with Gasteiger partial charge in [-0.3, -0.25) is 4.79 Å². The first-order valence-corrected chi connectivity index (χ1v) is 7.06. The number of carboxylic acids is 1. The molecule has 0 radical (unpaired) electrons. The van der Waals surface area contributed by atoms with Crippen LogP contribution >= 0.6 is 11.3 Å². The van der Waals surface area contributed by atoms with Crippen LogP contribution in [0.3, 0.4) is 0 Å². The van der Waals surface area contributed by atoms with Crippen molar-refractivity contribution >= 4 is 23.3 Å². The maximum atomic E-state index is 11.8. The Morgan fingerprint density at radius 1 is 1.47 bits per heavy atom. The number of carbonyl (C=O) groups is 2. The lowest BCUT2D eigenvalue weighted by atomic mass is 10.4. The molecule has 0 aromatic carbocycles. The number of carbonyl (C=O) groups excluding carboxylic acids is 1. The van der Waals surface area contributed by atoms with Crippen LogP contribution in [-0.2, 0) is 17.8 Å². The standard InChI is InChI=1S/C12H19N3O3S/c1-3-5-15(8-11(16)17)12(18)14-7-10-13-6-9(4-2)19-10/h6H,3-5,7-8H2,1-2H3,(H,14,18)(H,16,17). The molecule has 1 aromatic rings. The molecular formula is C12H19N3O3S. The summed E-state index contributed by atoms with van der Waals surface area (Å²) in [5.41, 5.74) is 0. The van der Waals surface area contributed by atoms with Crippen molar-refractivity contribution in [1.82, 2.24) is 15.2 Å². The largest absolute Gasteiger partial charge is 0.480 e. The lowest BCUT2D eigenvalue weighted by Gasteiger charge is -2.20. The van der Waals surface area contributed by atoms with E-state index in [0.29, 0.717) is 13.1 Å². The molecule has 0 saturated carbocycles. The van der Waals surface area contributed by atoms with Gasteiger partial charge in [0.15, 0.2) is 0 Å². The van der Waals surface area contributed by atoms with Crippen LogP contribution in [0.1, 0.15) is 30.2 Å². The van der Waals surface area contributed by atoms with Crippen LogP contribution in [0.2, 0.25) is 0 Å². The minimum Gasteiger partial charge on any atom is -0.480 e. The topological polar surface area (TPSA) is 82.5 Å². The third kappa shape index (κ3) is 5.25. The summed E-state index contributed by atoms with van der Waals surface area (Å²) in [5.74, 6) is -1.01. The quantitative estimate of drug-likeness (QED) is 0.799. The zero-order valence-corrected chi connectivity index (χ0v) is 12.0. The SMILES string of the molecule is CCCN(CC(=O)O)C(=O)NCc1ncc(CC)s1. The second-order valence-corrected chi connectivity index (χ2v) is 5.25. The van der Waals surface area contributed by atoms with E-state index >= 15 is 0 Å². The summed E-state index contributed by atoms with van der Waals surface area (Å²) >= 11 is 1.55. The van der Waals surface area contributed by atoms with Gasteiger partial charge in [0.2, 0.25) is 0 Å². The molecule has 6 nitrogen and oxygen atoms in total. The van der Waals surface area contributed by atoms with E-state index in [0.717, 1.165) is 17.8 Å². The molecule has 0 aliphatic carbocycles. The van der Waals surface area contributed by atoms with Crippen LogP contribution < -0.4 is 5.32 Å². The second-order valence-electron chi connectivity index (χ2n) is 4.05. The molecule has 0 atom stereocenters. The second kappa shape index (κ2) is 7.73. The van der Waals surface area contributed by atoms with E-state index in [9.17, 15) is 9.59 Å². The van der Waals surface area contributed by atoms with Crippen molar-refractivity contribution < 1.29 is 14.7 Å². The predicted molar refractivity (Wildman–Crippen MR) is 73.2 cm³/mol. The molecule has 0 spiro atoms. The number of aromatic nitrogens is 1. The number of nitrogens with zero attached hydrogens (tertiary/aromatic N) is 2. The van der Waals surface area contributed by atoms with Gasteiger partial charge < -0.3 is 15.3 Å². The highest BCUT2D eigenvalue weighted by Crippen LogP contribution is 2.12. The molecular weight excluding hydrogens is 266 g/mol. The van der Waals surface area contributed by atoms with Crippen LogP contribution in [0.15, 0.2) is 6.20 Å². The first-order chi connectivity index (χ1) is 9.06. The molecule has 106 valence electrons. The molecule has 19 heavy (non-hydrogen) atoms. The highest BCUT2D eigenvalue weighted by Gasteiger charge is 2.15.